The average molecular weight is 350 g/mol. The van der Waals surface area contributed by atoms with Gasteiger partial charge < -0.3 is 4.74 Å². The first kappa shape index (κ1) is 17.8. The van der Waals surface area contributed by atoms with Gasteiger partial charge in [-0.2, -0.15) is 5.11 Å². The number of azo groups is 1. The Morgan fingerprint density at radius 2 is 1.77 bits per heavy atom. The number of methoxy groups -OCH3 is 1. The van der Waals surface area contributed by atoms with Crippen molar-refractivity contribution in [2.24, 2.45) is 10.2 Å². The Kier molecular flexibility index (Phi) is 5.41. The minimum absolute atomic E-state index is 0.114. The maximum absolute atomic E-state index is 13.1. The molecule has 3 aromatic rings. The van der Waals surface area contributed by atoms with E-state index in [0.717, 1.165) is 18.6 Å². The molecule has 0 aliphatic rings. The van der Waals surface area contributed by atoms with Crippen LogP contribution in [0.1, 0.15) is 26.7 Å². The SMILES string of the molecule is CCC(CC)N=Nc1nc2ccccc2c(=O)n1-c1ccc(OC)cc1. The first-order valence-corrected chi connectivity index (χ1v) is 8.75. The molecular weight excluding hydrogens is 328 g/mol. The minimum Gasteiger partial charge on any atom is -0.497 e. The Balaban J connectivity index is 2.21. The summed E-state index contributed by atoms with van der Waals surface area (Å²) in [7, 11) is 1.61. The molecule has 0 radical (unpaired) electrons. The molecule has 0 atom stereocenters. The molecule has 6 nitrogen and oxygen atoms in total. The third-order valence-electron chi connectivity index (χ3n) is 4.34. The van der Waals surface area contributed by atoms with Crippen LogP contribution in [0.25, 0.3) is 16.6 Å². The summed E-state index contributed by atoms with van der Waals surface area (Å²) in [5.74, 6) is 1.00. The number of hydrogen-bond donors (Lipinski definition) is 0. The van der Waals surface area contributed by atoms with Crippen molar-refractivity contribution in [2.45, 2.75) is 32.7 Å². The van der Waals surface area contributed by atoms with Crippen molar-refractivity contribution < 1.29 is 4.74 Å². The molecule has 26 heavy (non-hydrogen) atoms. The molecule has 134 valence electrons. The van der Waals surface area contributed by atoms with Gasteiger partial charge in [-0.1, -0.05) is 26.0 Å². The van der Waals surface area contributed by atoms with E-state index in [1.807, 2.05) is 30.3 Å². The fraction of sp³-hybridized carbons (Fsp3) is 0.300. The zero-order valence-electron chi connectivity index (χ0n) is 15.2. The van der Waals surface area contributed by atoms with Gasteiger partial charge in [0.15, 0.2) is 0 Å². The van der Waals surface area contributed by atoms with E-state index in [1.165, 1.54) is 4.57 Å². The summed E-state index contributed by atoms with van der Waals surface area (Å²) in [5.41, 5.74) is 1.12. The molecular formula is C20H22N4O2. The number of benzene rings is 2. The highest BCUT2D eigenvalue weighted by Crippen LogP contribution is 2.21. The summed E-state index contributed by atoms with van der Waals surface area (Å²) in [6, 6.07) is 14.6. The summed E-state index contributed by atoms with van der Waals surface area (Å²) in [5, 5.41) is 9.25. The lowest BCUT2D eigenvalue weighted by Crippen LogP contribution is -2.19. The van der Waals surface area contributed by atoms with E-state index in [9.17, 15) is 4.79 Å². The summed E-state index contributed by atoms with van der Waals surface area (Å²) >= 11 is 0. The van der Waals surface area contributed by atoms with Gasteiger partial charge in [0.1, 0.15) is 5.75 Å². The second kappa shape index (κ2) is 7.91. The monoisotopic (exact) mass is 350 g/mol. The van der Waals surface area contributed by atoms with Crippen LogP contribution in [0, 0.1) is 0 Å². The molecule has 6 heteroatoms. The van der Waals surface area contributed by atoms with Gasteiger partial charge in [-0.3, -0.25) is 4.79 Å². The second-order valence-electron chi connectivity index (χ2n) is 5.95. The van der Waals surface area contributed by atoms with Gasteiger partial charge in [0.25, 0.3) is 11.5 Å². The predicted molar refractivity (Wildman–Crippen MR) is 103 cm³/mol. The van der Waals surface area contributed by atoms with Gasteiger partial charge in [-0.25, -0.2) is 9.55 Å². The number of fused-ring (bicyclic) bond motifs is 1. The molecule has 0 aliphatic carbocycles. The van der Waals surface area contributed by atoms with E-state index >= 15 is 0 Å². The number of aromatic nitrogens is 2. The van der Waals surface area contributed by atoms with Gasteiger partial charge in [0, 0.05) is 0 Å². The van der Waals surface area contributed by atoms with Gasteiger partial charge in [0.2, 0.25) is 0 Å². The van der Waals surface area contributed by atoms with Crippen molar-refractivity contribution in [3.63, 3.8) is 0 Å². The van der Waals surface area contributed by atoms with Crippen LogP contribution in [0.15, 0.2) is 63.6 Å². The smallest absolute Gasteiger partial charge is 0.267 e. The number of rotatable bonds is 6. The number of ether oxygens (including phenoxy) is 1. The van der Waals surface area contributed by atoms with E-state index in [0.29, 0.717) is 16.6 Å². The second-order valence-corrected chi connectivity index (χ2v) is 5.95. The Morgan fingerprint density at radius 1 is 1.08 bits per heavy atom. The first-order valence-electron chi connectivity index (χ1n) is 8.75. The highest BCUT2D eigenvalue weighted by atomic mass is 16.5. The van der Waals surface area contributed by atoms with Crippen molar-refractivity contribution in [2.75, 3.05) is 7.11 Å². The Labute approximate surface area is 152 Å². The maximum Gasteiger partial charge on any atom is 0.267 e. The molecule has 0 fully saturated rings. The van der Waals surface area contributed by atoms with E-state index in [4.69, 9.17) is 4.74 Å². The maximum atomic E-state index is 13.1. The van der Waals surface area contributed by atoms with Crippen LogP contribution in [0.3, 0.4) is 0 Å². The Bertz CT molecular complexity index is 973. The molecule has 2 aromatic carbocycles. The molecule has 0 saturated heterocycles. The van der Waals surface area contributed by atoms with Crippen LogP contribution in [0.5, 0.6) is 5.75 Å². The molecule has 0 aliphatic heterocycles. The molecule has 3 rings (SSSR count). The average Bonchev–Trinajstić information content (AvgIpc) is 2.69. The molecule has 1 heterocycles. The van der Waals surface area contributed by atoms with Crippen molar-refractivity contribution >= 4 is 16.9 Å². The van der Waals surface area contributed by atoms with Crippen LogP contribution in [-0.2, 0) is 0 Å². The van der Waals surface area contributed by atoms with E-state index < -0.39 is 0 Å². The quantitative estimate of drug-likeness (QED) is 0.607. The van der Waals surface area contributed by atoms with Crippen molar-refractivity contribution in [1.82, 2.24) is 9.55 Å². The lowest BCUT2D eigenvalue weighted by atomic mass is 10.2. The largest absolute Gasteiger partial charge is 0.497 e. The van der Waals surface area contributed by atoms with Crippen LogP contribution < -0.4 is 10.3 Å². The number of para-hydroxylation sites is 1. The van der Waals surface area contributed by atoms with Gasteiger partial charge in [0.05, 0.1) is 29.7 Å². The van der Waals surface area contributed by atoms with E-state index in [1.54, 1.807) is 25.3 Å². The normalized spacial score (nSPS) is 11.5. The van der Waals surface area contributed by atoms with E-state index in [-0.39, 0.29) is 17.5 Å². The standard InChI is InChI=1S/C20H22N4O2/c1-4-14(5-2)22-23-20-21-18-9-7-6-8-17(18)19(25)24(20)15-10-12-16(26-3)13-11-15/h6-14H,4-5H2,1-3H3. The summed E-state index contributed by atoms with van der Waals surface area (Å²) in [6.45, 7) is 4.13. The predicted octanol–water partition coefficient (Wildman–Crippen LogP) is 4.67. The first-order chi connectivity index (χ1) is 12.7. The highest BCUT2D eigenvalue weighted by Gasteiger charge is 2.13. The summed E-state index contributed by atoms with van der Waals surface area (Å²) in [6.07, 6.45) is 1.78. The topological polar surface area (TPSA) is 68.8 Å². The fourth-order valence-electron chi connectivity index (χ4n) is 2.74. The third kappa shape index (κ3) is 3.49. The molecule has 0 spiro atoms. The fourth-order valence-corrected chi connectivity index (χ4v) is 2.74. The Hall–Kier alpha value is -3.02. The van der Waals surface area contributed by atoms with E-state index in [2.05, 4.69) is 29.1 Å². The van der Waals surface area contributed by atoms with Crippen LogP contribution >= 0.6 is 0 Å². The van der Waals surface area contributed by atoms with Crippen molar-refractivity contribution in [3.05, 3.63) is 58.9 Å². The third-order valence-corrected chi connectivity index (χ3v) is 4.34. The molecule has 0 bridgehead atoms. The molecule has 0 N–H and O–H groups in total. The highest BCUT2D eigenvalue weighted by molar-refractivity contribution is 5.78. The van der Waals surface area contributed by atoms with Crippen molar-refractivity contribution in [3.8, 4) is 11.4 Å². The lowest BCUT2D eigenvalue weighted by Gasteiger charge is -2.11. The number of nitrogens with zero attached hydrogens (tertiary/aromatic N) is 4. The molecule has 1 aromatic heterocycles. The minimum atomic E-state index is -0.167. The zero-order chi connectivity index (χ0) is 18.5. The zero-order valence-corrected chi connectivity index (χ0v) is 15.2. The Morgan fingerprint density at radius 3 is 2.42 bits per heavy atom. The van der Waals surface area contributed by atoms with Crippen LogP contribution in [0.2, 0.25) is 0 Å². The lowest BCUT2D eigenvalue weighted by molar-refractivity contribution is 0.414. The van der Waals surface area contributed by atoms with Gasteiger partial charge >= 0.3 is 0 Å². The van der Waals surface area contributed by atoms with Gasteiger partial charge in [-0.15, -0.1) is 5.11 Å². The van der Waals surface area contributed by atoms with Gasteiger partial charge in [-0.05, 0) is 49.2 Å². The van der Waals surface area contributed by atoms with Crippen LogP contribution in [0.4, 0.5) is 5.95 Å². The molecule has 0 unspecified atom stereocenters. The summed E-state index contributed by atoms with van der Waals surface area (Å²) < 4.78 is 6.69. The summed E-state index contributed by atoms with van der Waals surface area (Å²) in [4.78, 5) is 17.6. The molecule has 0 saturated carbocycles. The van der Waals surface area contributed by atoms with Crippen LogP contribution in [-0.4, -0.2) is 22.7 Å². The molecule has 0 amide bonds. The van der Waals surface area contributed by atoms with Crippen molar-refractivity contribution in [1.29, 1.82) is 0 Å². The number of hydrogen-bond acceptors (Lipinski definition) is 5.